The average molecular weight is 406 g/mol. The number of hydrogen-bond acceptors (Lipinski definition) is 8. The Morgan fingerprint density at radius 3 is 2.68 bits per heavy atom. The van der Waals surface area contributed by atoms with Gasteiger partial charge in [0, 0.05) is 24.1 Å². The zero-order valence-corrected chi connectivity index (χ0v) is 16.8. The Labute approximate surface area is 166 Å². The van der Waals surface area contributed by atoms with Gasteiger partial charge in [0.1, 0.15) is 10.8 Å². The fourth-order valence-electron chi connectivity index (χ4n) is 2.08. The molecule has 2 aromatic rings. The Morgan fingerprint density at radius 1 is 1.29 bits per heavy atom. The van der Waals surface area contributed by atoms with Crippen LogP contribution in [0.2, 0.25) is 0 Å². The number of hydrogen-bond donors (Lipinski definition) is 2. The highest BCUT2D eigenvalue weighted by molar-refractivity contribution is 7.98. The maximum absolute atomic E-state index is 12.5. The Hall–Kier alpha value is -2.88. The highest BCUT2D eigenvalue weighted by atomic mass is 32.2. The second-order valence-corrected chi connectivity index (χ2v) is 7.20. The lowest BCUT2D eigenvalue weighted by molar-refractivity contribution is -0.127. The minimum atomic E-state index is -1.15. The molecule has 150 valence electrons. The molecule has 9 nitrogen and oxygen atoms in total. The molecular weight excluding hydrogens is 384 g/mol. The second-order valence-electron chi connectivity index (χ2n) is 6.24. The monoisotopic (exact) mass is 406 g/mol. The molecule has 0 unspecified atom stereocenters. The van der Waals surface area contributed by atoms with Gasteiger partial charge < -0.3 is 14.6 Å². The first-order valence-electron chi connectivity index (χ1n) is 8.58. The summed E-state index contributed by atoms with van der Waals surface area (Å²) in [5, 5.41) is 8.98. The van der Waals surface area contributed by atoms with Crippen molar-refractivity contribution in [1.29, 1.82) is 0 Å². The van der Waals surface area contributed by atoms with Crippen LogP contribution in [0.4, 0.5) is 4.79 Å². The molecule has 10 heteroatoms. The van der Waals surface area contributed by atoms with E-state index >= 15 is 0 Å². The zero-order valence-electron chi connectivity index (χ0n) is 16.0. The topological polar surface area (TPSA) is 123 Å². The molecule has 0 aromatic carbocycles. The molecular formula is C18H22N4O5S. The van der Waals surface area contributed by atoms with Gasteiger partial charge in [-0.1, -0.05) is 16.9 Å². The van der Waals surface area contributed by atoms with Gasteiger partial charge in [-0.2, -0.15) is 0 Å². The first-order valence-corrected chi connectivity index (χ1v) is 9.57. The molecule has 0 aliphatic carbocycles. The molecule has 2 rings (SSSR count). The number of aryl methyl sites for hydroxylation is 1. The van der Waals surface area contributed by atoms with Crippen LogP contribution in [0.25, 0.3) is 0 Å². The van der Waals surface area contributed by atoms with E-state index in [-0.39, 0.29) is 11.6 Å². The third-order valence-corrected chi connectivity index (χ3v) is 4.37. The Bertz CT molecular complexity index is 852. The first-order chi connectivity index (χ1) is 13.3. The summed E-state index contributed by atoms with van der Waals surface area (Å²) in [6, 6.07) is 4.17. The number of nitrogens with zero attached hydrogens (tertiary/aromatic N) is 2. The van der Waals surface area contributed by atoms with Crippen molar-refractivity contribution >= 4 is 29.7 Å². The van der Waals surface area contributed by atoms with E-state index in [0.29, 0.717) is 16.5 Å². The molecule has 1 atom stereocenters. The summed E-state index contributed by atoms with van der Waals surface area (Å²) in [5.74, 6) is -0.279. The number of thioether (sulfide) groups is 1. The van der Waals surface area contributed by atoms with Gasteiger partial charge in [-0.15, -0.1) is 0 Å². The minimum Gasteiger partial charge on any atom is -0.449 e. The van der Waals surface area contributed by atoms with Crippen LogP contribution in [0, 0.1) is 6.92 Å². The molecule has 0 spiro atoms. The predicted octanol–water partition coefficient (Wildman–Crippen LogP) is 2.45. The molecule has 0 bridgehead atoms. The number of esters is 1. The number of amides is 3. The van der Waals surface area contributed by atoms with Gasteiger partial charge in [0.15, 0.2) is 6.10 Å². The van der Waals surface area contributed by atoms with Crippen LogP contribution in [0.3, 0.4) is 0 Å². The standard InChI is InChI=1S/C18H22N4O5S/c1-10(2)20-18(25)21-15(23)12(4)26-17(24)14-6-5-7-19-16(14)28-9-13-8-11(3)27-22-13/h5-8,10,12H,9H2,1-4H3,(H2,20,21,23,25)/t12-/m0/s1. The van der Waals surface area contributed by atoms with Crippen molar-refractivity contribution in [2.24, 2.45) is 0 Å². The van der Waals surface area contributed by atoms with Crippen molar-refractivity contribution in [1.82, 2.24) is 20.8 Å². The maximum atomic E-state index is 12.5. The van der Waals surface area contributed by atoms with E-state index in [4.69, 9.17) is 9.26 Å². The van der Waals surface area contributed by atoms with Gasteiger partial charge >= 0.3 is 12.0 Å². The van der Waals surface area contributed by atoms with Gasteiger partial charge in [-0.3, -0.25) is 10.1 Å². The SMILES string of the molecule is Cc1cc(CSc2ncccc2C(=O)O[C@@H](C)C(=O)NC(=O)NC(C)C)no1. The Balaban J connectivity index is 1.97. The zero-order chi connectivity index (χ0) is 20.7. The fourth-order valence-corrected chi connectivity index (χ4v) is 2.94. The normalized spacial score (nSPS) is 11.8. The number of imide groups is 1. The van der Waals surface area contributed by atoms with Gasteiger partial charge in [-0.25, -0.2) is 14.6 Å². The lowest BCUT2D eigenvalue weighted by Gasteiger charge is -2.15. The van der Waals surface area contributed by atoms with Gasteiger partial charge in [0.25, 0.3) is 5.91 Å². The lowest BCUT2D eigenvalue weighted by atomic mass is 10.3. The minimum absolute atomic E-state index is 0.130. The van der Waals surface area contributed by atoms with E-state index in [1.54, 1.807) is 45.2 Å². The van der Waals surface area contributed by atoms with Crippen LogP contribution < -0.4 is 10.6 Å². The molecule has 2 N–H and O–H groups in total. The fraction of sp³-hybridized carbons (Fsp3) is 0.389. The smallest absolute Gasteiger partial charge is 0.341 e. The van der Waals surface area contributed by atoms with Crippen molar-refractivity contribution < 1.29 is 23.6 Å². The van der Waals surface area contributed by atoms with E-state index in [9.17, 15) is 14.4 Å². The number of urea groups is 1. The number of rotatable bonds is 7. The highest BCUT2D eigenvalue weighted by Gasteiger charge is 2.23. The van der Waals surface area contributed by atoms with Gasteiger partial charge in [0.05, 0.1) is 11.3 Å². The van der Waals surface area contributed by atoms with Crippen LogP contribution in [0.5, 0.6) is 0 Å². The highest BCUT2D eigenvalue weighted by Crippen LogP contribution is 2.24. The number of carbonyl (C=O) groups is 3. The second kappa shape index (κ2) is 9.88. The molecule has 0 aliphatic heterocycles. The third-order valence-electron chi connectivity index (χ3n) is 3.33. The Kier molecular flexibility index (Phi) is 7.56. The predicted molar refractivity (Wildman–Crippen MR) is 102 cm³/mol. The van der Waals surface area contributed by atoms with E-state index in [2.05, 4.69) is 20.8 Å². The molecule has 2 heterocycles. The molecule has 0 saturated heterocycles. The van der Waals surface area contributed by atoms with Crippen molar-refractivity contribution in [3.63, 3.8) is 0 Å². The van der Waals surface area contributed by atoms with Crippen molar-refractivity contribution in [2.45, 2.75) is 50.6 Å². The van der Waals surface area contributed by atoms with Crippen LogP contribution in [0.15, 0.2) is 33.9 Å². The molecule has 0 fully saturated rings. The van der Waals surface area contributed by atoms with E-state index < -0.39 is 24.0 Å². The summed E-state index contributed by atoms with van der Waals surface area (Å²) >= 11 is 1.30. The van der Waals surface area contributed by atoms with E-state index in [1.165, 1.54) is 18.7 Å². The molecule has 3 amide bonds. The molecule has 0 aliphatic rings. The van der Waals surface area contributed by atoms with Gasteiger partial charge in [0.2, 0.25) is 0 Å². The van der Waals surface area contributed by atoms with Crippen molar-refractivity contribution in [3.8, 4) is 0 Å². The number of ether oxygens (including phenoxy) is 1. The number of pyridine rings is 1. The molecule has 0 radical (unpaired) electrons. The number of nitrogens with one attached hydrogen (secondary N) is 2. The van der Waals surface area contributed by atoms with Gasteiger partial charge in [-0.05, 0) is 39.8 Å². The van der Waals surface area contributed by atoms with Crippen LogP contribution >= 0.6 is 11.8 Å². The van der Waals surface area contributed by atoms with Crippen molar-refractivity contribution in [2.75, 3.05) is 0 Å². The summed E-state index contributed by atoms with van der Waals surface area (Å²) in [5.41, 5.74) is 0.940. The number of aromatic nitrogens is 2. The summed E-state index contributed by atoms with van der Waals surface area (Å²) in [4.78, 5) is 40.3. The summed E-state index contributed by atoms with van der Waals surface area (Å²) in [6.45, 7) is 6.70. The summed E-state index contributed by atoms with van der Waals surface area (Å²) in [6.07, 6.45) is 0.404. The van der Waals surface area contributed by atoms with Crippen LogP contribution in [0.1, 0.15) is 42.6 Å². The summed E-state index contributed by atoms with van der Waals surface area (Å²) in [7, 11) is 0. The Morgan fingerprint density at radius 2 is 2.04 bits per heavy atom. The van der Waals surface area contributed by atoms with E-state index in [0.717, 1.165) is 5.69 Å². The van der Waals surface area contributed by atoms with E-state index in [1.807, 2.05) is 0 Å². The third kappa shape index (κ3) is 6.38. The quantitative estimate of drug-likeness (QED) is 0.531. The molecule has 0 saturated carbocycles. The summed E-state index contributed by atoms with van der Waals surface area (Å²) < 4.78 is 10.2. The molecule has 2 aromatic heterocycles. The lowest BCUT2D eigenvalue weighted by Crippen LogP contribution is -2.46. The number of carbonyl (C=O) groups excluding carboxylic acids is 3. The van der Waals surface area contributed by atoms with Crippen LogP contribution in [-0.4, -0.2) is 40.2 Å². The average Bonchev–Trinajstić information content (AvgIpc) is 3.04. The van der Waals surface area contributed by atoms with Crippen LogP contribution in [-0.2, 0) is 15.3 Å². The molecule has 28 heavy (non-hydrogen) atoms. The maximum Gasteiger partial charge on any atom is 0.341 e. The van der Waals surface area contributed by atoms with Crippen molar-refractivity contribution in [3.05, 3.63) is 41.4 Å². The largest absolute Gasteiger partial charge is 0.449 e. The first kappa shape index (κ1) is 21.4.